The second kappa shape index (κ2) is 10.5. The highest BCUT2D eigenvalue weighted by atomic mass is 15.1. The van der Waals surface area contributed by atoms with Crippen molar-refractivity contribution >= 4 is 17.0 Å². The number of rotatable bonds is 6. The highest BCUT2D eigenvalue weighted by Gasteiger charge is 2.22. The van der Waals surface area contributed by atoms with Gasteiger partial charge in [0.15, 0.2) is 0 Å². The second-order valence-corrected chi connectivity index (χ2v) is 9.00. The lowest BCUT2D eigenvalue weighted by Crippen LogP contribution is -2.19. The summed E-state index contributed by atoms with van der Waals surface area (Å²) >= 11 is 0. The van der Waals surface area contributed by atoms with Crippen molar-refractivity contribution in [3.05, 3.63) is 120 Å². The number of allylic oxidation sites excluding steroid dienone is 3. The van der Waals surface area contributed by atoms with Crippen molar-refractivity contribution in [3.63, 3.8) is 0 Å². The van der Waals surface area contributed by atoms with Crippen molar-refractivity contribution in [2.45, 2.75) is 25.7 Å². The van der Waals surface area contributed by atoms with Gasteiger partial charge in [0.05, 0.1) is 0 Å². The molecule has 0 spiro atoms. The predicted octanol–water partition coefficient (Wildman–Crippen LogP) is 6.50. The van der Waals surface area contributed by atoms with Gasteiger partial charge in [-0.2, -0.15) is 0 Å². The maximum Gasteiger partial charge on any atom is 0.207 e. The minimum Gasteiger partial charge on any atom is -0.371 e. The van der Waals surface area contributed by atoms with Gasteiger partial charge in [-0.1, -0.05) is 78.9 Å². The van der Waals surface area contributed by atoms with Crippen LogP contribution in [0.25, 0.3) is 11.3 Å². The highest BCUT2D eigenvalue weighted by molar-refractivity contribution is 6.10. The molecular formula is C31H33N2+. The van der Waals surface area contributed by atoms with Gasteiger partial charge in [0.1, 0.15) is 13.1 Å². The fraction of sp³-hybridized carbons (Fsp3) is 0.258. The zero-order valence-electron chi connectivity index (χ0n) is 19.4. The van der Waals surface area contributed by atoms with Crippen LogP contribution < -0.4 is 0 Å². The highest BCUT2D eigenvalue weighted by Crippen LogP contribution is 2.29. The first-order chi connectivity index (χ1) is 16.4. The summed E-state index contributed by atoms with van der Waals surface area (Å²) in [5.41, 5.74) is 7.78. The van der Waals surface area contributed by atoms with E-state index in [1.807, 2.05) is 0 Å². The van der Waals surface area contributed by atoms with E-state index in [2.05, 4.69) is 113 Å². The Morgan fingerprint density at radius 2 is 1.09 bits per heavy atom. The Kier molecular flexibility index (Phi) is 6.82. The largest absolute Gasteiger partial charge is 0.371 e. The van der Waals surface area contributed by atoms with Crippen LogP contribution in [0.2, 0.25) is 0 Å². The van der Waals surface area contributed by atoms with Crippen molar-refractivity contribution in [1.82, 2.24) is 4.90 Å². The minimum absolute atomic E-state index is 1.13. The van der Waals surface area contributed by atoms with Crippen LogP contribution in [0.5, 0.6) is 0 Å². The first-order valence-electron chi connectivity index (χ1n) is 12.3. The molecule has 2 heterocycles. The lowest BCUT2D eigenvalue weighted by atomic mass is 9.98. The van der Waals surface area contributed by atoms with E-state index in [1.165, 1.54) is 59.4 Å². The Hall–Kier alpha value is -3.39. The summed E-state index contributed by atoms with van der Waals surface area (Å²) in [7, 11) is 0. The molecule has 166 valence electrons. The van der Waals surface area contributed by atoms with Crippen molar-refractivity contribution < 1.29 is 4.58 Å². The lowest BCUT2D eigenvalue weighted by Gasteiger charge is -2.23. The smallest absolute Gasteiger partial charge is 0.207 e. The van der Waals surface area contributed by atoms with E-state index < -0.39 is 0 Å². The summed E-state index contributed by atoms with van der Waals surface area (Å²) in [6, 6.07) is 32.7. The Morgan fingerprint density at radius 1 is 0.576 bits per heavy atom. The molecule has 0 saturated carbocycles. The molecule has 2 fully saturated rings. The molecule has 0 unspecified atom stereocenters. The minimum atomic E-state index is 1.13. The quantitative estimate of drug-likeness (QED) is 0.318. The van der Waals surface area contributed by atoms with Crippen LogP contribution in [-0.4, -0.2) is 41.4 Å². The van der Waals surface area contributed by atoms with E-state index in [0.717, 1.165) is 26.2 Å². The molecule has 3 aromatic carbocycles. The first-order valence-corrected chi connectivity index (χ1v) is 12.3. The summed E-state index contributed by atoms with van der Waals surface area (Å²) in [4.78, 5) is 2.56. The maximum absolute atomic E-state index is 2.56. The van der Waals surface area contributed by atoms with E-state index in [4.69, 9.17) is 0 Å². The molecule has 0 atom stereocenters. The van der Waals surface area contributed by atoms with Crippen LogP contribution in [0.4, 0.5) is 0 Å². The summed E-state index contributed by atoms with van der Waals surface area (Å²) in [6.45, 7) is 4.52. The Morgan fingerprint density at radius 3 is 1.67 bits per heavy atom. The summed E-state index contributed by atoms with van der Waals surface area (Å²) in [6.07, 6.45) is 9.92. The fourth-order valence-corrected chi connectivity index (χ4v) is 4.98. The van der Waals surface area contributed by atoms with Crippen LogP contribution in [-0.2, 0) is 0 Å². The van der Waals surface area contributed by atoms with Gasteiger partial charge < -0.3 is 4.90 Å². The molecular weight excluding hydrogens is 400 g/mol. The van der Waals surface area contributed by atoms with Crippen LogP contribution >= 0.6 is 0 Å². The molecule has 2 nitrogen and oxygen atoms in total. The molecule has 3 aromatic rings. The third-order valence-electron chi connectivity index (χ3n) is 6.72. The van der Waals surface area contributed by atoms with Crippen molar-refractivity contribution in [1.29, 1.82) is 0 Å². The topological polar surface area (TPSA) is 6.25 Å². The molecule has 0 aromatic heterocycles. The van der Waals surface area contributed by atoms with Gasteiger partial charge in [0.2, 0.25) is 5.71 Å². The number of nitrogens with zero attached hydrogens (tertiary/aromatic N) is 2. The van der Waals surface area contributed by atoms with Crippen molar-refractivity contribution in [3.8, 4) is 0 Å². The summed E-state index contributed by atoms with van der Waals surface area (Å²) < 4.78 is 2.56. The van der Waals surface area contributed by atoms with E-state index in [0.29, 0.717) is 0 Å². The lowest BCUT2D eigenvalue weighted by molar-refractivity contribution is -0.504. The van der Waals surface area contributed by atoms with Gasteiger partial charge in [-0.15, -0.1) is 0 Å². The average Bonchev–Trinajstić information content (AvgIpc) is 3.61. The zero-order valence-corrected chi connectivity index (χ0v) is 19.4. The third kappa shape index (κ3) is 5.17. The summed E-state index contributed by atoms with van der Waals surface area (Å²) in [5.74, 6) is 0. The SMILES string of the molecule is C(/C(c1ccccc1)=[N+]1CCCC1)=C(\C=C(\c1ccccc1)N1CCCC1)c1ccccc1. The van der Waals surface area contributed by atoms with Gasteiger partial charge in [-0.05, 0) is 47.8 Å². The molecule has 0 bridgehead atoms. The Balaban J connectivity index is 1.68. The fourth-order valence-electron chi connectivity index (χ4n) is 4.98. The van der Waals surface area contributed by atoms with Gasteiger partial charge in [-0.25, -0.2) is 4.58 Å². The van der Waals surface area contributed by atoms with Crippen molar-refractivity contribution in [2.24, 2.45) is 0 Å². The standard InChI is InChI=1S/C31H33N2/c1-4-14-26(15-5-1)29(24-30(32-20-10-11-21-32)27-16-6-2-7-17-27)25-31(33-22-12-13-23-33)28-18-8-3-9-19-28/h1-9,14-19,24-25H,10-13,20-23H2/q+1. The molecule has 5 rings (SSSR count). The Bertz CT molecular complexity index is 1130. The van der Waals surface area contributed by atoms with Gasteiger partial charge in [0, 0.05) is 43.3 Å². The van der Waals surface area contributed by atoms with Crippen LogP contribution in [0.3, 0.4) is 0 Å². The van der Waals surface area contributed by atoms with E-state index in [1.54, 1.807) is 0 Å². The average molecular weight is 434 g/mol. The second-order valence-electron chi connectivity index (χ2n) is 9.00. The number of hydrogen-bond acceptors (Lipinski definition) is 1. The molecule has 0 N–H and O–H groups in total. The summed E-state index contributed by atoms with van der Waals surface area (Å²) in [5, 5.41) is 0. The van der Waals surface area contributed by atoms with Gasteiger partial charge in [-0.3, -0.25) is 0 Å². The molecule has 0 amide bonds. The Labute approximate surface area is 198 Å². The van der Waals surface area contributed by atoms with E-state index in [9.17, 15) is 0 Å². The molecule has 2 heteroatoms. The molecule has 33 heavy (non-hydrogen) atoms. The molecule has 2 saturated heterocycles. The normalized spacial score (nSPS) is 17.0. The van der Waals surface area contributed by atoms with Crippen LogP contribution in [0, 0.1) is 0 Å². The van der Waals surface area contributed by atoms with Gasteiger partial charge >= 0.3 is 0 Å². The van der Waals surface area contributed by atoms with Gasteiger partial charge in [0.25, 0.3) is 0 Å². The predicted molar refractivity (Wildman–Crippen MR) is 139 cm³/mol. The molecule has 0 aliphatic carbocycles. The number of benzene rings is 3. The molecule has 2 aliphatic rings. The zero-order chi connectivity index (χ0) is 22.3. The molecule has 0 radical (unpaired) electrons. The number of hydrogen-bond donors (Lipinski definition) is 0. The third-order valence-corrected chi connectivity index (χ3v) is 6.72. The van der Waals surface area contributed by atoms with Crippen LogP contribution in [0.1, 0.15) is 42.4 Å². The maximum atomic E-state index is 2.56. The molecule has 2 aliphatic heterocycles. The monoisotopic (exact) mass is 433 g/mol. The van der Waals surface area contributed by atoms with E-state index >= 15 is 0 Å². The van der Waals surface area contributed by atoms with Crippen molar-refractivity contribution in [2.75, 3.05) is 26.2 Å². The number of likely N-dealkylation sites (tertiary alicyclic amines) is 1. The first kappa shape index (κ1) is 21.5. The van der Waals surface area contributed by atoms with E-state index in [-0.39, 0.29) is 0 Å². The van der Waals surface area contributed by atoms with Crippen LogP contribution in [0.15, 0.2) is 103 Å².